The maximum atomic E-state index is 5.17. The van der Waals surface area contributed by atoms with Gasteiger partial charge in [0, 0.05) is 33.4 Å². The summed E-state index contributed by atoms with van der Waals surface area (Å²) >= 11 is 0. The maximum Gasteiger partial charge on any atom is 0.164 e. The summed E-state index contributed by atoms with van der Waals surface area (Å²) in [6.45, 7) is 0. The van der Waals surface area contributed by atoms with Gasteiger partial charge in [-0.25, -0.2) is 24.9 Å². The highest BCUT2D eigenvalue weighted by Gasteiger charge is 2.17. The van der Waals surface area contributed by atoms with Crippen LogP contribution in [0.4, 0.5) is 0 Å². The predicted octanol–water partition coefficient (Wildman–Crippen LogP) is 14.8. The highest BCUT2D eigenvalue weighted by atomic mass is 15.0. The van der Waals surface area contributed by atoms with Gasteiger partial charge < -0.3 is 0 Å². The summed E-state index contributed by atoms with van der Waals surface area (Å²) in [5.74, 6) is 2.61. The van der Waals surface area contributed by atoms with Crippen molar-refractivity contribution in [2.24, 2.45) is 0 Å². The van der Waals surface area contributed by atoms with Crippen molar-refractivity contribution in [1.82, 2.24) is 24.9 Å². The number of aromatic nitrogens is 5. The maximum absolute atomic E-state index is 5.17. The minimum atomic E-state index is 0.628. The lowest BCUT2D eigenvalue weighted by atomic mass is 9.88. The van der Waals surface area contributed by atoms with Gasteiger partial charge in [0.1, 0.15) is 0 Å². The van der Waals surface area contributed by atoms with Crippen molar-refractivity contribution >= 4 is 10.8 Å². The van der Waals surface area contributed by atoms with E-state index in [0.717, 1.165) is 72.6 Å². The Kier molecular flexibility index (Phi) is 10.2. The second-order valence-corrected chi connectivity index (χ2v) is 15.6. The molecule has 5 nitrogen and oxygen atoms in total. The minimum Gasteiger partial charge on any atom is -0.228 e. The Labute approximate surface area is 372 Å². The molecule has 0 aliphatic rings. The number of rotatable bonds is 9. The van der Waals surface area contributed by atoms with Crippen LogP contribution in [0, 0.1) is 0 Å². The lowest BCUT2D eigenvalue weighted by molar-refractivity contribution is 1.07. The molecule has 2 aromatic heterocycles. The molecule has 0 amide bonds. The Balaban J connectivity index is 0.974. The molecule has 0 bridgehead atoms. The Bertz CT molecular complexity index is 3280. The van der Waals surface area contributed by atoms with Gasteiger partial charge in [0.25, 0.3) is 0 Å². The van der Waals surface area contributed by atoms with E-state index in [1.807, 2.05) is 97.1 Å². The van der Waals surface area contributed by atoms with Crippen LogP contribution in [0.25, 0.3) is 112 Å². The molecule has 9 aromatic carbocycles. The lowest BCUT2D eigenvalue weighted by Gasteiger charge is -2.16. The molecule has 0 atom stereocenters. The fourth-order valence-electron chi connectivity index (χ4n) is 8.39. The number of nitrogens with zero attached hydrogens (tertiary/aromatic N) is 5. The van der Waals surface area contributed by atoms with Gasteiger partial charge in [0.15, 0.2) is 23.3 Å². The second-order valence-electron chi connectivity index (χ2n) is 15.6. The van der Waals surface area contributed by atoms with Gasteiger partial charge in [-0.3, -0.25) is 0 Å². The van der Waals surface area contributed by atoms with Crippen LogP contribution in [-0.4, -0.2) is 24.9 Å². The van der Waals surface area contributed by atoms with E-state index in [-0.39, 0.29) is 0 Å². The molecule has 0 fully saturated rings. The van der Waals surface area contributed by atoms with E-state index in [0.29, 0.717) is 23.3 Å². The van der Waals surface area contributed by atoms with E-state index < -0.39 is 0 Å². The summed E-state index contributed by atoms with van der Waals surface area (Å²) in [4.78, 5) is 25.0. The number of benzene rings is 9. The number of fused-ring (bicyclic) bond motifs is 1. The summed E-state index contributed by atoms with van der Waals surface area (Å²) in [6, 6.07) is 81.9. The van der Waals surface area contributed by atoms with Crippen LogP contribution in [0.3, 0.4) is 0 Å². The smallest absolute Gasteiger partial charge is 0.164 e. The Morgan fingerprint density at radius 3 is 1.17 bits per heavy atom. The Hall–Kier alpha value is -8.67. The van der Waals surface area contributed by atoms with Crippen LogP contribution in [-0.2, 0) is 0 Å². The first kappa shape index (κ1) is 38.3. The molecule has 0 radical (unpaired) electrons. The second kappa shape index (κ2) is 17.0. The molecule has 11 rings (SSSR count). The molecule has 0 aliphatic heterocycles. The van der Waals surface area contributed by atoms with E-state index in [1.165, 1.54) is 16.3 Å². The molecule has 5 heteroatoms. The van der Waals surface area contributed by atoms with Crippen molar-refractivity contribution in [3.8, 4) is 101 Å². The number of hydrogen-bond donors (Lipinski definition) is 0. The van der Waals surface area contributed by atoms with Crippen LogP contribution >= 0.6 is 0 Å². The van der Waals surface area contributed by atoms with Crippen molar-refractivity contribution in [3.05, 3.63) is 237 Å². The van der Waals surface area contributed by atoms with Gasteiger partial charge in [0.2, 0.25) is 0 Å². The minimum absolute atomic E-state index is 0.628. The van der Waals surface area contributed by atoms with Crippen molar-refractivity contribution in [2.45, 2.75) is 0 Å². The Morgan fingerprint density at radius 2 is 0.609 bits per heavy atom. The first-order valence-corrected chi connectivity index (χ1v) is 21.4. The van der Waals surface area contributed by atoms with Crippen molar-refractivity contribution < 1.29 is 0 Å². The first-order chi connectivity index (χ1) is 31.7. The molecule has 11 aromatic rings. The van der Waals surface area contributed by atoms with Gasteiger partial charge in [-0.2, -0.15) is 0 Å². The van der Waals surface area contributed by atoms with Gasteiger partial charge in [-0.15, -0.1) is 0 Å². The van der Waals surface area contributed by atoms with Crippen LogP contribution in [0.5, 0.6) is 0 Å². The fraction of sp³-hybridized carbons (Fsp3) is 0. The highest BCUT2D eigenvalue weighted by Crippen LogP contribution is 2.41. The van der Waals surface area contributed by atoms with E-state index in [9.17, 15) is 0 Å². The summed E-state index contributed by atoms with van der Waals surface area (Å²) in [5.41, 5.74) is 14.4. The van der Waals surface area contributed by atoms with E-state index >= 15 is 0 Å². The molecule has 300 valence electrons. The van der Waals surface area contributed by atoms with Gasteiger partial charge >= 0.3 is 0 Å². The quantitative estimate of drug-likeness (QED) is 0.145. The molecule has 0 unspecified atom stereocenters. The van der Waals surface area contributed by atoms with Gasteiger partial charge in [-0.05, 0) is 50.2 Å². The highest BCUT2D eigenvalue weighted by molar-refractivity contribution is 6.04. The zero-order valence-electron chi connectivity index (χ0n) is 34.8. The summed E-state index contributed by atoms with van der Waals surface area (Å²) in [6.07, 6.45) is 0. The van der Waals surface area contributed by atoms with Gasteiger partial charge in [-0.1, -0.05) is 231 Å². The monoisotopic (exact) mass is 817 g/mol. The molecule has 0 spiro atoms. The summed E-state index contributed by atoms with van der Waals surface area (Å²) < 4.78 is 0. The molecular formula is C59H39N5. The third kappa shape index (κ3) is 7.63. The molecule has 2 heterocycles. The third-order valence-corrected chi connectivity index (χ3v) is 11.6. The third-order valence-electron chi connectivity index (χ3n) is 11.6. The van der Waals surface area contributed by atoms with Crippen LogP contribution < -0.4 is 0 Å². The zero-order chi connectivity index (χ0) is 42.7. The molecule has 0 saturated carbocycles. The summed E-state index contributed by atoms with van der Waals surface area (Å²) in [5, 5.41) is 2.38. The van der Waals surface area contributed by atoms with E-state index in [1.54, 1.807) is 0 Å². The molecular weight excluding hydrogens is 779 g/mol. The Morgan fingerprint density at radius 1 is 0.219 bits per heavy atom. The van der Waals surface area contributed by atoms with Crippen molar-refractivity contribution in [3.63, 3.8) is 0 Å². The molecule has 0 saturated heterocycles. The van der Waals surface area contributed by atoms with Gasteiger partial charge in [0.05, 0.1) is 11.4 Å². The largest absolute Gasteiger partial charge is 0.228 e. The standard InChI is InChI=1S/C59H39N5/c1-5-18-43(19-6-1)53-39-54(61-56(60-53)45-20-7-2-8-21-45)52-28-16-15-26-49(52)41-29-33-44(34-30-41)55-50-27-14-13-17-40(50)37-38-51(55)42-31-35-48(36-32-42)59-63-57(46-22-9-3-10-23-46)62-58(64-59)47-24-11-4-12-25-47/h1-39H. The number of hydrogen-bond acceptors (Lipinski definition) is 5. The average molecular weight is 818 g/mol. The van der Waals surface area contributed by atoms with E-state index in [4.69, 9.17) is 24.9 Å². The molecule has 0 aliphatic carbocycles. The first-order valence-electron chi connectivity index (χ1n) is 21.4. The summed E-state index contributed by atoms with van der Waals surface area (Å²) in [7, 11) is 0. The van der Waals surface area contributed by atoms with Crippen LogP contribution in [0.15, 0.2) is 237 Å². The predicted molar refractivity (Wildman–Crippen MR) is 262 cm³/mol. The fourth-order valence-corrected chi connectivity index (χ4v) is 8.39. The van der Waals surface area contributed by atoms with Crippen LogP contribution in [0.2, 0.25) is 0 Å². The lowest BCUT2D eigenvalue weighted by Crippen LogP contribution is -2.00. The van der Waals surface area contributed by atoms with Crippen molar-refractivity contribution in [2.75, 3.05) is 0 Å². The van der Waals surface area contributed by atoms with Crippen LogP contribution in [0.1, 0.15) is 0 Å². The molecule has 0 N–H and O–H groups in total. The SMILES string of the molecule is c1ccc(-c2cc(-c3ccccc3-c3ccc(-c4c(-c5ccc(-c6nc(-c7ccccc7)nc(-c7ccccc7)n6)cc5)ccc5ccccc45)cc3)nc(-c3ccccc3)n2)cc1. The van der Waals surface area contributed by atoms with Crippen molar-refractivity contribution in [1.29, 1.82) is 0 Å². The zero-order valence-corrected chi connectivity index (χ0v) is 34.8. The molecule has 64 heavy (non-hydrogen) atoms. The van der Waals surface area contributed by atoms with E-state index in [2.05, 4.69) is 140 Å². The average Bonchev–Trinajstić information content (AvgIpc) is 3.39. The normalized spacial score (nSPS) is 11.1. The topological polar surface area (TPSA) is 64.5 Å².